The highest BCUT2D eigenvalue weighted by Crippen LogP contribution is 2.22. The summed E-state index contributed by atoms with van der Waals surface area (Å²) < 4.78 is 26.4. The van der Waals surface area contributed by atoms with E-state index < -0.39 is 16.1 Å². The molecule has 2 atom stereocenters. The van der Waals surface area contributed by atoms with Crippen molar-refractivity contribution < 1.29 is 18.0 Å². The summed E-state index contributed by atoms with van der Waals surface area (Å²) in [6.07, 6.45) is 2.63. The molecule has 0 aliphatic carbocycles. The van der Waals surface area contributed by atoms with Gasteiger partial charge in [0.25, 0.3) is 0 Å². The smallest absolute Gasteiger partial charge is 0.243 e. The lowest BCUT2D eigenvalue weighted by molar-refractivity contribution is -0.141. The number of anilines is 1. The van der Waals surface area contributed by atoms with E-state index in [0.717, 1.165) is 29.4 Å². The van der Waals surface area contributed by atoms with E-state index >= 15 is 0 Å². The van der Waals surface area contributed by atoms with Gasteiger partial charge in [-0.25, -0.2) is 8.42 Å². The third-order valence-corrected chi connectivity index (χ3v) is 8.46. The molecule has 9 heteroatoms. The standard InChI is InChI=1S/C32H40ClN3O4S/c1-5-25(3)34-32(38)30(22-26-10-7-6-8-11-26)35(23-27-15-13-24(2)14-16-27)31(37)12-9-21-36(41(4,39)40)29-19-17-28(33)18-20-29/h6-8,10-11,13-20,25,30H,5,9,12,21-23H2,1-4H3,(H,34,38)/t25-,30+/m1/s1. The molecule has 0 aliphatic heterocycles. The highest BCUT2D eigenvalue weighted by Gasteiger charge is 2.31. The van der Waals surface area contributed by atoms with Gasteiger partial charge in [-0.15, -0.1) is 0 Å². The summed E-state index contributed by atoms with van der Waals surface area (Å²) in [6.45, 7) is 6.32. The van der Waals surface area contributed by atoms with Gasteiger partial charge >= 0.3 is 0 Å². The Morgan fingerprint density at radius 2 is 1.56 bits per heavy atom. The predicted octanol–water partition coefficient (Wildman–Crippen LogP) is 5.75. The predicted molar refractivity (Wildman–Crippen MR) is 166 cm³/mol. The number of nitrogens with zero attached hydrogens (tertiary/aromatic N) is 2. The summed E-state index contributed by atoms with van der Waals surface area (Å²) in [5, 5.41) is 3.57. The molecule has 0 spiro atoms. The third-order valence-electron chi connectivity index (χ3n) is 7.01. The van der Waals surface area contributed by atoms with Crippen LogP contribution in [-0.2, 0) is 32.6 Å². The van der Waals surface area contributed by atoms with Crippen molar-refractivity contribution in [3.63, 3.8) is 0 Å². The number of amides is 2. The molecule has 0 saturated carbocycles. The van der Waals surface area contributed by atoms with Crippen LogP contribution in [0.5, 0.6) is 0 Å². The lowest BCUT2D eigenvalue weighted by Crippen LogP contribution is -2.52. The summed E-state index contributed by atoms with van der Waals surface area (Å²) in [5.74, 6) is -0.419. The van der Waals surface area contributed by atoms with Gasteiger partial charge in [0.05, 0.1) is 11.9 Å². The van der Waals surface area contributed by atoms with Crippen molar-refractivity contribution in [2.24, 2.45) is 0 Å². The maximum absolute atomic E-state index is 13.9. The first-order chi connectivity index (χ1) is 19.5. The Morgan fingerprint density at radius 1 is 0.927 bits per heavy atom. The Labute approximate surface area is 249 Å². The summed E-state index contributed by atoms with van der Waals surface area (Å²) >= 11 is 5.99. The molecule has 220 valence electrons. The topological polar surface area (TPSA) is 86.8 Å². The monoisotopic (exact) mass is 597 g/mol. The van der Waals surface area contributed by atoms with Crippen LogP contribution in [0.3, 0.4) is 0 Å². The van der Waals surface area contributed by atoms with Crippen LogP contribution in [0.1, 0.15) is 49.8 Å². The molecule has 0 bridgehead atoms. The van der Waals surface area contributed by atoms with E-state index in [1.807, 2.05) is 75.4 Å². The molecule has 3 aromatic rings. The molecule has 0 radical (unpaired) electrons. The highest BCUT2D eigenvalue weighted by molar-refractivity contribution is 7.92. The number of carbonyl (C=O) groups excluding carboxylic acids is 2. The van der Waals surface area contributed by atoms with Gasteiger partial charge in [-0.1, -0.05) is 78.7 Å². The molecule has 0 unspecified atom stereocenters. The molecule has 0 fully saturated rings. The Kier molecular flexibility index (Phi) is 11.8. The Balaban J connectivity index is 1.88. The minimum atomic E-state index is -3.59. The molecule has 0 aliphatic rings. The number of sulfonamides is 1. The number of aryl methyl sites for hydroxylation is 1. The molecule has 7 nitrogen and oxygen atoms in total. The van der Waals surface area contributed by atoms with E-state index in [1.165, 1.54) is 4.31 Å². The van der Waals surface area contributed by atoms with Gasteiger partial charge in [-0.3, -0.25) is 13.9 Å². The van der Waals surface area contributed by atoms with Crippen molar-refractivity contribution in [2.45, 2.75) is 65.1 Å². The van der Waals surface area contributed by atoms with Gasteiger partial charge in [0.15, 0.2) is 0 Å². The van der Waals surface area contributed by atoms with Crippen molar-refractivity contribution in [3.05, 3.63) is 101 Å². The second-order valence-electron chi connectivity index (χ2n) is 10.4. The normalized spacial score (nSPS) is 12.8. The van der Waals surface area contributed by atoms with Crippen LogP contribution in [0.4, 0.5) is 5.69 Å². The van der Waals surface area contributed by atoms with Crippen LogP contribution in [-0.4, -0.2) is 50.0 Å². The fraction of sp³-hybridized carbons (Fsp3) is 0.375. The molecule has 0 saturated heterocycles. The van der Waals surface area contributed by atoms with E-state index in [9.17, 15) is 18.0 Å². The fourth-order valence-electron chi connectivity index (χ4n) is 4.50. The fourth-order valence-corrected chi connectivity index (χ4v) is 5.59. The first-order valence-corrected chi connectivity index (χ1v) is 16.1. The van der Waals surface area contributed by atoms with Crippen molar-refractivity contribution in [3.8, 4) is 0 Å². The average Bonchev–Trinajstić information content (AvgIpc) is 2.94. The average molecular weight is 598 g/mol. The van der Waals surface area contributed by atoms with E-state index in [4.69, 9.17) is 11.6 Å². The molecular formula is C32H40ClN3O4S. The van der Waals surface area contributed by atoms with Gasteiger partial charge < -0.3 is 10.2 Å². The molecule has 3 rings (SSSR count). The number of benzene rings is 3. The van der Waals surface area contributed by atoms with Crippen LogP contribution in [0.15, 0.2) is 78.9 Å². The summed E-state index contributed by atoms with van der Waals surface area (Å²) in [5.41, 5.74) is 3.45. The maximum atomic E-state index is 13.9. The molecule has 0 heterocycles. The van der Waals surface area contributed by atoms with Gasteiger partial charge in [0.2, 0.25) is 21.8 Å². The number of carbonyl (C=O) groups is 2. The number of hydrogen-bond acceptors (Lipinski definition) is 4. The quantitative estimate of drug-likeness (QED) is 0.256. The molecule has 1 N–H and O–H groups in total. The van der Waals surface area contributed by atoms with Crippen LogP contribution in [0.25, 0.3) is 0 Å². The van der Waals surface area contributed by atoms with Crippen LogP contribution >= 0.6 is 11.6 Å². The zero-order chi connectivity index (χ0) is 30.0. The van der Waals surface area contributed by atoms with E-state index in [1.54, 1.807) is 29.2 Å². The minimum Gasteiger partial charge on any atom is -0.352 e. The molecule has 41 heavy (non-hydrogen) atoms. The third kappa shape index (κ3) is 9.90. The summed E-state index contributed by atoms with van der Waals surface area (Å²) in [6, 6.07) is 23.3. The van der Waals surface area contributed by atoms with Gasteiger partial charge in [0.1, 0.15) is 6.04 Å². The minimum absolute atomic E-state index is 0.0419. The first kappa shape index (κ1) is 32.2. The van der Waals surface area contributed by atoms with Gasteiger partial charge in [0, 0.05) is 37.0 Å². The number of rotatable bonds is 14. The molecular weight excluding hydrogens is 558 g/mol. The Morgan fingerprint density at radius 3 is 2.15 bits per heavy atom. The van der Waals surface area contributed by atoms with Crippen molar-refractivity contribution in [1.82, 2.24) is 10.2 Å². The van der Waals surface area contributed by atoms with E-state index in [2.05, 4.69) is 5.32 Å². The number of halogens is 1. The zero-order valence-corrected chi connectivity index (χ0v) is 25.8. The number of hydrogen-bond donors (Lipinski definition) is 1. The highest BCUT2D eigenvalue weighted by atomic mass is 35.5. The summed E-state index contributed by atoms with van der Waals surface area (Å²) in [4.78, 5) is 29.1. The second-order valence-corrected chi connectivity index (χ2v) is 12.8. The lowest BCUT2D eigenvalue weighted by atomic mass is 10.0. The molecule has 2 amide bonds. The summed E-state index contributed by atoms with van der Waals surface area (Å²) in [7, 11) is -3.59. The van der Waals surface area contributed by atoms with Crippen molar-refractivity contribution >= 4 is 39.1 Å². The molecule has 0 aromatic heterocycles. The first-order valence-electron chi connectivity index (χ1n) is 13.9. The second kappa shape index (κ2) is 15.0. The van der Waals surface area contributed by atoms with Crippen molar-refractivity contribution in [2.75, 3.05) is 17.1 Å². The Bertz CT molecular complexity index is 1380. The zero-order valence-electron chi connectivity index (χ0n) is 24.2. The van der Waals surface area contributed by atoms with E-state index in [-0.39, 0.29) is 43.8 Å². The van der Waals surface area contributed by atoms with Crippen LogP contribution in [0, 0.1) is 6.92 Å². The van der Waals surface area contributed by atoms with Crippen LogP contribution in [0.2, 0.25) is 5.02 Å². The molecule has 3 aromatic carbocycles. The van der Waals surface area contributed by atoms with Crippen LogP contribution < -0.4 is 9.62 Å². The lowest BCUT2D eigenvalue weighted by Gasteiger charge is -2.32. The maximum Gasteiger partial charge on any atom is 0.243 e. The van der Waals surface area contributed by atoms with Gasteiger partial charge in [-0.2, -0.15) is 0 Å². The Hall–Kier alpha value is -3.36. The van der Waals surface area contributed by atoms with E-state index in [0.29, 0.717) is 17.1 Å². The SMILES string of the molecule is CC[C@@H](C)NC(=O)[C@H](Cc1ccccc1)N(Cc1ccc(C)cc1)C(=O)CCCN(c1ccc(Cl)cc1)S(C)(=O)=O. The largest absolute Gasteiger partial charge is 0.352 e. The van der Waals surface area contributed by atoms with Gasteiger partial charge in [-0.05, 0) is 62.1 Å². The number of nitrogens with one attached hydrogen (secondary N) is 1. The van der Waals surface area contributed by atoms with Crippen molar-refractivity contribution in [1.29, 1.82) is 0 Å².